The number of methoxy groups -OCH3 is 1. The van der Waals surface area contributed by atoms with Crippen LogP contribution in [0.1, 0.15) is 73.9 Å². The van der Waals surface area contributed by atoms with E-state index < -0.39 is 16.8 Å². The number of benzene rings is 4. The predicted molar refractivity (Wildman–Crippen MR) is 217 cm³/mol. The van der Waals surface area contributed by atoms with Crippen LogP contribution >= 0.6 is 15.9 Å². The van der Waals surface area contributed by atoms with Crippen LogP contribution in [-0.2, 0) is 41.8 Å². The molecule has 4 aromatic carbocycles. The Morgan fingerprint density at radius 3 is 1.65 bits per heavy atom. The molecule has 290 valence electrons. The van der Waals surface area contributed by atoms with Crippen LogP contribution in [0, 0.1) is 16.2 Å². The van der Waals surface area contributed by atoms with Gasteiger partial charge in [0.1, 0.15) is 0 Å². The Kier molecular flexibility index (Phi) is 13.3. The molecule has 0 aromatic heterocycles. The first-order valence-electron chi connectivity index (χ1n) is 19.3. The molecule has 1 aliphatic carbocycles. The molecule has 0 N–H and O–H groups in total. The average molecular weight is 810 g/mol. The third kappa shape index (κ3) is 8.59. The van der Waals surface area contributed by atoms with Crippen LogP contribution in [0.5, 0.6) is 0 Å². The summed E-state index contributed by atoms with van der Waals surface area (Å²) in [5.74, 6) is -0.333. The van der Waals surface area contributed by atoms with E-state index in [-0.39, 0.29) is 29.3 Å². The molecule has 55 heavy (non-hydrogen) atoms. The molecule has 3 aliphatic rings. The number of hydrogen-bond donors (Lipinski definition) is 0. The lowest BCUT2D eigenvalue weighted by atomic mass is 9.51. The van der Waals surface area contributed by atoms with Gasteiger partial charge in [0.25, 0.3) is 0 Å². The van der Waals surface area contributed by atoms with Crippen LogP contribution in [0.15, 0.2) is 121 Å². The summed E-state index contributed by atoms with van der Waals surface area (Å²) >= 11 is 3.57. The number of fused-ring (bicyclic) bond motifs is 1. The molecule has 1 saturated carbocycles. The number of carbonyl (C=O) groups is 3. The Labute approximate surface area is 334 Å². The van der Waals surface area contributed by atoms with E-state index >= 15 is 0 Å². The molecule has 0 radical (unpaired) electrons. The van der Waals surface area contributed by atoms with Gasteiger partial charge in [0.05, 0.1) is 45.6 Å². The molecule has 9 heteroatoms. The fourth-order valence-corrected chi connectivity index (χ4v) is 9.43. The first-order valence-corrected chi connectivity index (χ1v) is 20.4. The Bertz CT molecular complexity index is 1860. The number of likely N-dealkylation sites (tertiary alicyclic amines) is 2. The van der Waals surface area contributed by atoms with Crippen molar-refractivity contribution in [2.75, 3.05) is 38.7 Å². The van der Waals surface area contributed by atoms with Crippen LogP contribution in [0.25, 0.3) is 0 Å². The number of nitrogens with zero attached hydrogens (tertiary/aromatic N) is 2. The normalized spacial score (nSPS) is 24.0. The van der Waals surface area contributed by atoms with Gasteiger partial charge in [0.15, 0.2) is 5.41 Å². The van der Waals surface area contributed by atoms with Gasteiger partial charge in [-0.2, -0.15) is 0 Å². The quantitative estimate of drug-likeness (QED) is 0.0679. The Balaban J connectivity index is 0.000000188. The first-order chi connectivity index (χ1) is 26.7. The molecule has 2 aliphatic heterocycles. The lowest BCUT2D eigenvalue weighted by Crippen LogP contribution is -2.59. The van der Waals surface area contributed by atoms with Gasteiger partial charge in [-0.3, -0.25) is 14.4 Å². The first kappa shape index (κ1) is 40.4. The lowest BCUT2D eigenvalue weighted by Gasteiger charge is -2.49. The number of ether oxygens (including phenoxy) is 3. The number of amides is 2. The molecular formula is C46H53BrN2O6. The summed E-state index contributed by atoms with van der Waals surface area (Å²) in [5, 5.41) is 0.878. The average Bonchev–Trinajstić information content (AvgIpc) is 3.62. The van der Waals surface area contributed by atoms with Gasteiger partial charge in [-0.1, -0.05) is 137 Å². The van der Waals surface area contributed by atoms with Gasteiger partial charge in [0.2, 0.25) is 11.8 Å². The minimum absolute atomic E-state index is 0.0926. The zero-order valence-electron chi connectivity index (χ0n) is 32.2. The molecule has 7 rings (SSSR count). The molecule has 2 heterocycles. The second-order valence-electron chi connectivity index (χ2n) is 15.4. The summed E-state index contributed by atoms with van der Waals surface area (Å²) in [6.45, 7) is 7.41. The minimum atomic E-state index is -1.12. The van der Waals surface area contributed by atoms with Crippen molar-refractivity contribution >= 4 is 33.7 Å². The summed E-state index contributed by atoms with van der Waals surface area (Å²) in [6, 6.07) is 40.3. The summed E-state index contributed by atoms with van der Waals surface area (Å²) in [5.41, 5.74) is 2.71. The highest BCUT2D eigenvalue weighted by atomic mass is 79.9. The Morgan fingerprint density at radius 1 is 0.691 bits per heavy atom. The van der Waals surface area contributed by atoms with E-state index in [1.165, 1.54) is 18.2 Å². The highest BCUT2D eigenvalue weighted by Crippen LogP contribution is 2.64. The second kappa shape index (κ2) is 18.1. The third-order valence-corrected chi connectivity index (χ3v) is 12.4. The fraction of sp³-hybridized carbons (Fsp3) is 0.413. The number of carbonyl (C=O) groups excluding carboxylic acids is 3. The molecule has 8 nitrogen and oxygen atoms in total. The van der Waals surface area contributed by atoms with E-state index in [1.807, 2.05) is 114 Å². The largest absolute Gasteiger partial charge is 0.468 e. The van der Waals surface area contributed by atoms with Gasteiger partial charge in [-0.15, -0.1) is 0 Å². The monoisotopic (exact) mass is 808 g/mol. The smallest absolute Gasteiger partial charge is 0.322 e. The number of alkyl halides is 1. The zero-order chi connectivity index (χ0) is 38.9. The van der Waals surface area contributed by atoms with E-state index in [2.05, 4.69) is 47.1 Å². The van der Waals surface area contributed by atoms with Crippen molar-refractivity contribution in [3.63, 3.8) is 0 Å². The van der Waals surface area contributed by atoms with E-state index in [1.54, 1.807) is 0 Å². The van der Waals surface area contributed by atoms with Gasteiger partial charge in [-0.05, 0) is 55.4 Å². The Morgan fingerprint density at radius 2 is 1.18 bits per heavy atom. The molecule has 0 spiro atoms. The van der Waals surface area contributed by atoms with Crippen molar-refractivity contribution in [2.24, 2.45) is 16.2 Å². The summed E-state index contributed by atoms with van der Waals surface area (Å²) in [6.07, 6.45) is 2.79. The van der Waals surface area contributed by atoms with Crippen LogP contribution in [0.4, 0.5) is 0 Å². The summed E-state index contributed by atoms with van der Waals surface area (Å²) in [7, 11) is 1.36. The minimum Gasteiger partial charge on any atom is -0.468 e. The van der Waals surface area contributed by atoms with E-state index in [4.69, 9.17) is 14.2 Å². The fourth-order valence-electron chi connectivity index (χ4n) is 8.59. The van der Waals surface area contributed by atoms with Gasteiger partial charge in [-0.25, -0.2) is 0 Å². The molecular weight excluding hydrogens is 756 g/mol. The van der Waals surface area contributed by atoms with Crippen molar-refractivity contribution in [2.45, 2.75) is 64.8 Å². The highest BCUT2D eigenvalue weighted by Gasteiger charge is 2.74. The molecule has 2 amide bonds. The van der Waals surface area contributed by atoms with E-state index in [0.717, 1.165) is 35.8 Å². The van der Waals surface area contributed by atoms with Crippen LogP contribution in [0.3, 0.4) is 0 Å². The van der Waals surface area contributed by atoms with Gasteiger partial charge < -0.3 is 24.0 Å². The molecule has 4 aromatic rings. The maximum Gasteiger partial charge on any atom is 0.322 e. The number of halogens is 1. The van der Waals surface area contributed by atoms with Crippen molar-refractivity contribution in [1.29, 1.82) is 0 Å². The Hall–Kier alpha value is -4.31. The lowest BCUT2D eigenvalue weighted by molar-refractivity contribution is -0.183. The number of rotatable bonds is 15. The maximum atomic E-state index is 13.5. The number of hydrogen-bond acceptors (Lipinski definition) is 6. The van der Waals surface area contributed by atoms with Crippen LogP contribution < -0.4 is 0 Å². The van der Waals surface area contributed by atoms with Crippen molar-refractivity contribution < 1.29 is 28.6 Å². The van der Waals surface area contributed by atoms with E-state index in [0.29, 0.717) is 45.8 Å². The zero-order valence-corrected chi connectivity index (χ0v) is 33.8. The summed E-state index contributed by atoms with van der Waals surface area (Å²) < 4.78 is 17.2. The second-order valence-corrected chi connectivity index (χ2v) is 16.2. The maximum absolute atomic E-state index is 13.5. The van der Waals surface area contributed by atoms with Crippen molar-refractivity contribution in [3.05, 3.63) is 144 Å². The molecule has 0 unspecified atom stereocenters. The molecule has 5 atom stereocenters. The molecule has 2 saturated heterocycles. The van der Waals surface area contributed by atoms with Gasteiger partial charge in [0, 0.05) is 35.7 Å². The predicted octanol–water partition coefficient (Wildman–Crippen LogP) is 8.71. The SMILES string of the molecule is COC(=O)[C@@]12CC[C@]1(COCc1ccccc1)CN([C@H](C)c1ccccc1)C2=O.C[C@H](c1ccccc1)N1C[C@](CCBr)(COCc2ccccc2)CC1=O. The highest BCUT2D eigenvalue weighted by molar-refractivity contribution is 9.09. The third-order valence-electron chi connectivity index (χ3n) is 12.0. The van der Waals surface area contributed by atoms with Crippen molar-refractivity contribution in [3.8, 4) is 0 Å². The standard InChI is InChI=1S/C24H27NO4.C22H26BrNO2/c1-18(20-11-7-4-8-12-20)25-16-23(17-29-15-19-9-5-3-6-10-19)13-14-24(23,21(25)26)22(27)28-2;1-18(20-10-6-3-7-11-20)24-16-22(12-13-23,14-21(24)25)17-26-15-19-8-4-2-5-9-19/h3-12,18H,13-17H2,1-2H3;2-11,18H,12-17H2,1H3/t18-,23-,24+;18-,22-/m11/s1. The molecule has 0 bridgehead atoms. The number of esters is 1. The summed E-state index contributed by atoms with van der Waals surface area (Å²) in [4.78, 5) is 43.0. The molecule has 3 fully saturated rings. The van der Waals surface area contributed by atoms with Crippen LogP contribution in [0.2, 0.25) is 0 Å². The van der Waals surface area contributed by atoms with Crippen molar-refractivity contribution in [1.82, 2.24) is 9.80 Å². The van der Waals surface area contributed by atoms with E-state index in [9.17, 15) is 14.4 Å². The van der Waals surface area contributed by atoms with Crippen LogP contribution in [-0.4, -0.2) is 66.3 Å². The topological polar surface area (TPSA) is 85.4 Å². The van der Waals surface area contributed by atoms with Gasteiger partial charge >= 0.3 is 5.97 Å².